The summed E-state index contributed by atoms with van der Waals surface area (Å²) in [4.78, 5) is 16.4. The molecule has 6 nitrogen and oxygen atoms in total. The van der Waals surface area contributed by atoms with Gasteiger partial charge in [0, 0.05) is 11.8 Å². The second-order valence-electron chi connectivity index (χ2n) is 5.23. The zero-order valence-electron chi connectivity index (χ0n) is 12.2. The van der Waals surface area contributed by atoms with Gasteiger partial charge in [0.25, 0.3) is 5.91 Å². The van der Waals surface area contributed by atoms with Crippen molar-refractivity contribution in [3.05, 3.63) is 47.4 Å². The first-order valence-corrected chi connectivity index (χ1v) is 7.09. The van der Waals surface area contributed by atoms with Crippen molar-refractivity contribution in [2.45, 2.75) is 26.2 Å². The van der Waals surface area contributed by atoms with Gasteiger partial charge in [0.2, 0.25) is 0 Å². The van der Waals surface area contributed by atoms with E-state index in [2.05, 4.69) is 21.5 Å². The quantitative estimate of drug-likeness (QED) is 0.942. The lowest BCUT2D eigenvalue weighted by atomic mass is 10.1. The molecule has 2 heterocycles. The molecule has 3 rings (SSSR count). The van der Waals surface area contributed by atoms with Crippen molar-refractivity contribution in [2.24, 2.45) is 0 Å². The molecular weight excluding hydrogens is 278 g/mol. The zero-order valence-corrected chi connectivity index (χ0v) is 12.2. The SMILES string of the molecule is CC1=C(C(=O)Nc2cnn(-c3ncccc3C#N)c2)CCC1. The molecule has 1 aliphatic rings. The molecule has 0 atom stereocenters. The number of amides is 1. The van der Waals surface area contributed by atoms with Gasteiger partial charge in [0.1, 0.15) is 6.07 Å². The maximum Gasteiger partial charge on any atom is 0.251 e. The molecule has 0 radical (unpaired) electrons. The van der Waals surface area contributed by atoms with Crippen LogP contribution in [0.15, 0.2) is 41.9 Å². The third-order valence-corrected chi connectivity index (χ3v) is 3.73. The van der Waals surface area contributed by atoms with Crippen LogP contribution in [0.1, 0.15) is 31.7 Å². The fourth-order valence-corrected chi connectivity index (χ4v) is 2.58. The van der Waals surface area contributed by atoms with Crippen LogP contribution in [0.3, 0.4) is 0 Å². The zero-order chi connectivity index (χ0) is 15.5. The maximum atomic E-state index is 12.2. The number of nitriles is 1. The van der Waals surface area contributed by atoms with E-state index < -0.39 is 0 Å². The lowest BCUT2D eigenvalue weighted by Crippen LogP contribution is -2.13. The third-order valence-electron chi connectivity index (χ3n) is 3.73. The van der Waals surface area contributed by atoms with E-state index >= 15 is 0 Å². The number of hydrogen-bond acceptors (Lipinski definition) is 4. The van der Waals surface area contributed by atoms with Gasteiger partial charge in [-0.1, -0.05) is 5.57 Å². The monoisotopic (exact) mass is 293 g/mol. The Kier molecular flexibility index (Phi) is 3.71. The molecule has 6 heteroatoms. The number of carbonyl (C=O) groups is 1. The van der Waals surface area contributed by atoms with E-state index in [0.29, 0.717) is 17.1 Å². The van der Waals surface area contributed by atoms with E-state index in [1.165, 1.54) is 4.68 Å². The Morgan fingerprint density at radius 3 is 3.05 bits per heavy atom. The largest absolute Gasteiger partial charge is 0.320 e. The van der Waals surface area contributed by atoms with Gasteiger partial charge < -0.3 is 5.32 Å². The van der Waals surface area contributed by atoms with Crippen LogP contribution >= 0.6 is 0 Å². The summed E-state index contributed by atoms with van der Waals surface area (Å²) in [6, 6.07) is 5.45. The van der Waals surface area contributed by atoms with Gasteiger partial charge in [0.05, 0.1) is 23.6 Å². The predicted molar refractivity (Wildman–Crippen MR) is 81.3 cm³/mol. The van der Waals surface area contributed by atoms with Crippen molar-refractivity contribution < 1.29 is 4.79 Å². The number of rotatable bonds is 3. The molecule has 0 aliphatic heterocycles. The molecule has 0 spiro atoms. The predicted octanol–water partition coefficient (Wildman–Crippen LogP) is 2.58. The van der Waals surface area contributed by atoms with Crippen molar-refractivity contribution in [1.29, 1.82) is 5.26 Å². The van der Waals surface area contributed by atoms with Gasteiger partial charge in [-0.15, -0.1) is 0 Å². The summed E-state index contributed by atoms with van der Waals surface area (Å²) in [5.74, 6) is 0.373. The van der Waals surface area contributed by atoms with Crippen molar-refractivity contribution in [3.8, 4) is 11.9 Å². The van der Waals surface area contributed by atoms with Crippen molar-refractivity contribution in [1.82, 2.24) is 14.8 Å². The first-order valence-electron chi connectivity index (χ1n) is 7.09. The van der Waals surface area contributed by atoms with Crippen LogP contribution in [0, 0.1) is 11.3 Å². The second kappa shape index (κ2) is 5.82. The van der Waals surface area contributed by atoms with Crippen LogP contribution in [0.2, 0.25) is 0 Å². The highest BCUT2D eigenvalue weighted by Gasteiger charge is 2.18. The fraction of sp³-hybridized carbons (Fsp3) is 0.250. The third kappa shape index (κ3) is 2.61. The number of allylic oxidation sites excluding steroid dienone is 1. The van der Waals surface area contributed by atoms with Gasteiger partial charge in [-0.3, -0.25) is 4.79 Å². The summed E-state index contributed by atoms with van der Waals surface area (Å²) in [7, 11) is 0. The van der Waals surface area contributed by atoms with E-state index in [1.807, 2.05) is 6.92 Å². The number of nitrogens with one attached hydrogen (secondary N) is 1. The molecule has 1 N–H and O–H groups in total. The van der Waals surface area contributed by atoms with Crippen LogP contribution in [0.5, 0.6) is 0 Å². The van der Waals surface area contributed by atoms with Crippen LogP contribution in [-0.2, 0) is 4.79 Å². The summed E-state index contributed by atoms with van der Waals surface area (Å²) in [5, 5.41) is 16.1. The average Bonchev–Trinajstić information content (AvgIpc) is 3.16. The summed E-state index contributed by atoms with van der Waals surface area (Å²) < 4.78 is 1.49. The molecule has 2 aromatic rings. The van der Waals surface area contributed by atoms with Gasteiger partial charge in [0.15, 0.2) is 5.82 Å². The molecule has 110 valence electrons. The first kappa shape index (κ1) is 14.0. The smallest absolute Gasteiger partial charge is 0.251 e. The highest BCUT2D eigenvalue weighted by atomic mass is 16.1. The lowest BCUT2D eigenvalue weighted by molar-refractivity contribution is -0.113. The molecule has 2 aromatic heterocycles. The molecule has 1 amide bonds. The molecule has 0 unspecified atom stereocenters. The van der Waals surface area contributed by atoms with Crippen molar-refractivity contribution >= 4 is 11.6 Å². The Bertz CT molecular complexity index is 797. The highest BCUT2D eigenvalue weighted by molar-refractivity contribution is 6.04. The van der Waals surface area contributed by atoms with E-state index in [9.17, 15) is 4.79 Å². The van der Waals surface area contributed by atoms with Crippen LogP contribution in [-0.4, -0.2) is 20.7 Å². The Morgan fingerprint density at radius 1 is 1.45 bits per heavy atom. The Balaban J connectivity index is 1.81. The topological polar surface area (TPSA) is 83.6 Å². The second-order valence-corrected chi connectivity index (χ2v) is 5.23. The van der Waals surface area contributed by atoms with Crippen LogP contribution in [0.4, 0.5) is 5.69 Å². The maximum absolute atomic E-state index is 12.2. The van der Waals surface area contributed by atoms with E-state index in [4.69, 9.17) is 5.26 Å². The number of nitrogens with zero attached hydrogens (tertiary/aromatic N) is 4. The average molecular weight is 293 g/mol. The van der Waals surface area contributed by atoms with Gasteiger partial charge >= 0.3 is 0 Å². The molecule has 0 saturated heterocycles. The Morgan fingerprint density at radius 2 is 2.32 bits per heavy atom. The molecule has 22 heavy (non-hydrogen) atoms. The Labute approximate surface area is 128 Å². The van der Waals surface area contributed by atoms with Gasteiger partial charge in [-0.25, -0.2) is 9.67 Å². The summed E-state index contributed by atoms with van der Waals surface area (Å²) in [5.41, 5.74) is 3.04. The number of pyridine rings is 1. The number of carbonyl (C=O) groups excluding carboxylic acids is 1. The van der Waals surface area contributed by atoms with E-state index in [0.717, 1.165) is 30.4 Å². The highest BCUT2D eigenvalue weighted by Crippen LogP contribution is 2.26. The molecule has 0 fully saturated rings. The summed E-state index contributed by atoms with van der Waals surface area (Å²) in [6.45, 7) is 2.00. The molecule has 0 saturated carbocycles. The van der Waals surface area contributed by atoms with Crippen LogP contribution < -0.4 is 5.32 Å². The van der Waals surface area contributed by atoms with Gasteiger partial charge in [-0.2, -0.15) is 10.4 Å². The summed E-state index contributed by atoms with van der Waals surface area (Å²) >= 11 is 0. The van der Waals surface area contributed by atoms with Crippen molar-refractivity contribution in [2.75, 3.05) is 5.32 Å². The molecule has 0 aromatic carbocycles. The molecule has 0 bridgehead atoms. The fourth-order valence-electron chi connectivity index (χ4n) is 2.58. The minimum Gasteiger partial charge on any atom is -0.320 e. The number of hydrogen-bond donors (Lipinski definition) is 1. The van der Waals surface area contributed by atoms with Crippen LogP contribution in [0.25, 0.3) is 5.82 Å². The Hall–Kier alpha value is -2.94. The number of anilines is 1. The standard InChI is InChI=1S/C16H15N5O/c1-11-4-2-6-14(11)16(22)20-13-9-19-21(10-13)15-12(8-17)5-3-7-18-15/h3,5,7,9-10H,2,4,6H2,1H3,(H,20,22). The minimum atomic E-state index is -0.0731. The number of aromatic nitrogens is 3. The summed E-state index contributed by atoms with van der Waals surface area (Å²) in [6.07, 6.45) is 7.66. The normalized spacial score (nSPS) is 14.0. The van der Waals surface area contributed by atoms with E-state index in [1.54, 1.807) is 30.7 Å². The molecule has 1 aliphatic carbocycles. The van der Waals surface area contributed by atoms with Crippen molar-refractivity contribution in [3.63, 3.8) is 0 Å². The van der Waals surface area contributed by atoms with E-state index in [-0.39, 0.29) is 5.91 Å². The van der Waals surface area contributed by atoms with Gasteiger partial charge in [-0.05, 0) is 38.3 Å². The first-order chi connectivity index (χ1) is 10.7. The molecular formula is C16H15N5O. The minimum absolute atomic E-state index is 0.0731. The lowest BCUT2D eigenvalue weighted by Gasteiger charge is -2.04.